The van der Waals surface area contributed by atoms with Crippen molar-refractivity contribution in [3.8, 4) is 0 Å². The van der Waals surface area contributed by atoms with E-state index in [1.54, 1.807) is 0 Å². The smallest absolute Gasteiger partial charge is 0.275 e. The van der Waals surface area contributed by atoms with E-state index in [-0.39, 0.29) is 13.2 Å². The van der Waals surface area contributed by atoms with Gasteiger partial charge in [0, 0.05) is 5.92 Å². The van der Waals surface area contributed by atoms with Crippen molar-refractivity contribution in [1.29, 1.82) is 0 Å². The van der Waals surface area contributed by atoms with Crippen molar-refractivity contribution in [1.82, 2.24) is 0 Å². The average Bonchev–Trinajstić information content (AvgIpc) is 2.71. The van der Waals surface area contributed by atoms with Crippen molar-refractivity contribution in [2.45, 2.75) is 58.2 Å². The highest BCUT2D eigenvalue weighted by atomic mass is 19.3. The lowest BCUT2D eigenvalue weighted by atomic mass is 9.95. The summed E-state index contributed by atoms with van der Waals surface area (Å²) >= 11 is 0. The Bertz CT molecular complexity index is 632. The van der Waals surface area contributed by atoms with Crippen LogP contribution in [0.1, 0.15) is 50.2 Å². The molecule has 0 bridgehead atoms. The van der Waals surface area contributed by atoms with Crippen LogP contribution in [-0.2, 0) is 22.7 Å². The fraction of sp³-hybridized carbons (Fsp3) is 0.500. The molecule has 0 radical (unpaired) electrons. The summed E-state index contributed by atoms with van der Waals surface area (Å²) in [5.41, 5.74) is 1.90. The fourth-order valence-corrected chi connectivity index (χ4v) is 3.12. The van der Waals surface area contributed by atoms with E-state index in [9.17, 15) is 8.78 Å². The quantitative estimate of drug-likeness (QED) is 0.337. The monoisotopic (exact) mass is 390 g/mol. The van der Waals surface area contributed by atoms with Gasteiger partial charge in [0.2, 0.25) is 0 Å². The second kappa shape index (κ2) is 12.6. The molecule has 2 rings (SSSR count). The van der Waals surface area contributed by atoms with Crippen LogP contribution in [0.4, 0.5) is 8.78 Å². The highest BCUT2D eigenvalue weighted by molar-refractivity contribution is 5.14. The molecule has 1 atom stereocenters. The Labute approximate surface area is 167 Å². The molecule has 2 nitrogen and oxygen atoms in total. The first-order chi connectivity index (χ1) is 13.6. The molecular formula is C24H32F2O2. The molecule has 0 unspecified atom stereocenters. The maximum atomic E-state index is 14.8. The molecule has 2 aromatic rings. The number of benzene rings is 2. The number of unbranched alkanes of at least 4 members (excludes halogenated alkanes) is 3. The van der Waals surface area contributed by atoms with Gasteiger partial charge in [-0.15, -0.1) is 0 Å². The maximum absolute atomic E-state index is 14.8. The molecule has 28 heavy (non-hydrogen) atoms. The minimum Gasteiger partial charge on any atom is -0.376 e. The zero-order valence-corrected chi connectivity index (χ0v) is 16.8. The molecular weight excluding hydrogens is 358 g/mol. The van der Waals surface area contributed by atoms with Crippen LogP contribution in [0.25, 0.3) is 0 Å². The Morgan fingerprint density at radius 3 is 1.93 bits per heavy atom. The third-order valence-electron chi connectivity index (χ3n) is 4.84. The van der Waals surface area contributed by atoms with Gasteiger partial charge in [-0.3, -0.25) is 0 Å². The molecule has 0 heterocycles. The van der Waals surface area contributed by atoms with Gasteiger partial charge in [-0.05, 0) is 17.5 Å². The van der Waals surface area contributed by atoms with Gasteiger partial charge >= 0.3 is 0 Å². The third kappa shape index (κ3) is 8.49. The van der Waals surface area contributed by atoms with E-state index in [4.69, 9.17) is 9.47 Å². The summed E-state index contributed by atoms with van der Waals surface area (Å²) in [6.45, 7) is 2.14. The van der Waals surface area contributed by atoms with Gasteiger partial charge in [-0.1, -0.05) is 93.3 Å². The van der Waals surface area contributed by atoms with Crippen molar-refractivity contribution < 1.29 is 18.3 Å². The summed E-state index contributed by atoms with van der Waals surface area (Å²) < 4.78 is 40.6. The number of hydrogen-bond acceptors (Lipinski definition) is 2. The Kier molecular flexibility index (Phi) is 10.2. The number of alkyl halides is 2. The summed E-state index contributed by atoms with van der Waals surface area (Å²) in [6.07, 6.45) is 4.39. The summed E-state index contributed by atoms with van der Waals surface area (Å²) in [4.78, 5) is 0. The first kappa shape index (κ1) is 22.5. The van der Waals surface area contributed by atoms with Gasteiger partial charge in [-0.25, -0.2) is 8.78 Å². The lowest BCUT2D eigenvalue weighted by molar-refractivity contribution is -0.141. The molecule has 0 amide bonds. The van der Waals surface area contributed by atoms with E-state index < -0.39 is 18.4 Å². The Balaban J connectivity index is 1.85. The molecule has 4 heteroatoms. The molecule has 0 aliphatic carbocycles. The summed E-state index contributed by atoms with van der Waals surface area (Å²) in [6, 6.07) is 19.1. The van der Waals surface area contributed by atoms with Crippen LogP contribution in [-0.4, -0.2) is 19.1 Å². The van der Waals surface area contributed by atoms with Crippen LogP contribution in [0.5, 0.6) is 0 Å². The van der Waals surface area contributed by atoms with Crippen LogP contribution in [0.2, 0.25) is 0 Å². The summed E-state index contributed by atoms with van der Waals surface area (Å²) in [7, 11) is 0. The molecule has 2 aromatic carbocycles. The van der Waals surface area contributed by atoms with Crippen LogP contribution in [0.3, 0.4) is 0 Å². The third-order valence-corrected chi connectivity index (χ3v) is 4.84. The lowest BCUT2D eigenvalue weighted by Crippen LogP contribution is -2.36. The predicted octanol–water partition coefficient (Wildman–Crippen LogP) is 6.64. The molecule has 0 aliphatic heterocycles. The van der Waals surface area contributed by atoms with E-state index in [0.29, 0.717) is 13.0 Å². The molecule has 0 N–H and O–H groups in total. The van der Waals surface area contributed by atoms with Gasteiger partial charge in [0.1, 0.15) is 6.61 Å². The number of rotatable bonds is 14. The van der Waals surface area contributed by atoms with Crippen LogP contribution >= 0.6 is 0 Å². The zero-order valence-electron chi connectivity index (χ0n) is 16.8. The minimum absolute atomic E-state index is 0.0444. The fourth-order valence-electron chi connectivity index (χ4n) is 3.12. The zero-order chi connectivity index (χ0) is 20.1. The van der Waals surface area contributed by atoms with Gasteiger partial charge in [0.05, 0.1) is 19.8 Å². The normalized spacial score (nSPS) is 12.8. The van der Waals surface area contributed by atoms with Crippen molar-refractivity contribution in [2.24, 2.45) is 5.92 Å². The van der Waals surface area contributed by atoms with Gasteiger partial charge in [0.25, 0.3) is 5.92 Å². The van der Waals surface area contributed by atoms with Gasteiger partial charge in [0.15, 0.2) is 0 Å². The second-order valence-electron chi connectivity index (χ2n) is 7.29. The maximum Gasteiger partial charge on any atom is 0.275 e. The lowest BCUT2D eigenvalue weighted by Gasteiger charge is -2.27. The average molecular weight is 391 g/mol. The first-order valence-electron chi connectivity index (χ1n) is 10.2. The van der Waals surface area contributed by atoms with Crippen molar-refractivity contribution in [3.05, 3.63) is 71.8 Å². The highest BCUT2D eigenvalue weighted by Crippen LogP contribution is 2.30. The minimum atomic E-state index is -2.91. The van der Waals surface area contributed by atoms with Crippen LogP contribution in [0, 0.1) is 5.92 Å². The van der Waals surface area contributed by atoms with Gasteiger partial charge < -0.3 is 9.47 Å². The second-order valence-corrected chi connectivity index (χ2v) is 7.29. The highest BCUT2D eigenvalue weighted by Gasteiger charge is 2.39. The van der Waals surface area contributed by atoms with E-state index in [2.05, 4.69) is 6.92 Å². The summed E-state index contributed by atoms with van der Waals surface area (Å²) in [5, 5.41) is 0. The Morgan fingerprint density at radius 2 is 1.36 bits per heavy atom. The predicted molar refractivity (Wildman–Crippen MR) is 109 cm³/mol. The molecule has 0 fully saturated rings. The molecule has 0 saturated heterocycles. The van der Waals surface area contributed by atoms with Gasteiger partial charge in [-0.2, -0.15) is 0 Å². The van der Waals surface area contributed by atoms with Crippen LogP contribution < -0.4 is 0 Å². The summed E-state index contributed by atoms with van der Waals surface area (Å²) in [5.74, 6) is -3.73. The molecule has 0 saturated carbocycles. The van der Waals surface area contributed by atoms with E-state index >= 15 is 0 Å². The van der Waals surface area contributed by atoms with Crippen molar-refractivity contribution in [3.63, 3.8) is 0 Å². The molecule has 154 valence electrons. The van der Waals surface area contributed by atoms with E-state index in [1.807, 2.05) is 60.7 Å². The largest absolute Gasteiger partial charge is 0.376 e. The van der Waals surface area contributed by atoms with E-state index in [0.717, 1.165) is 36.8 Å². The molecule has 0 spiro atoms. The molecule has 0 aliphatic rings. The SMILES string of the molecule is CCCCCC[C@@H](COCc1ccccc1)C(F)(F)COCc1ccccc1. The van der Waals surface area contributed by atoms with E-state index in [1.165, 1.54) is 0 Å². The number of hydrogen-bond donors (Lipinski definition) is 0. The number of ether oxygens (including phenoxy) is 2. The van der Waals surface area contributed by atoms with Crippen LogP contribution in [0.15, 0.2) is 60.7 Å². The van der Waals surface area contributed by atoms with Crippen molar-refractivity contribution >= 4 is 0 Å². The van der Waals surface area contributed by atoms with Crippen molar-refractivity contribution in [2.75, 3.05) is 13.2 Å². The molecule has 0 aromatic heterocycles. The Morgan fingerprint density at radius 1 is 0.786 bits per heavy atom. The number of halogens is 2. The standard InChI is InChI=1S/C24H32F2O2/c1-2-3-4-11-16-23(19-27-17-21-12-7-5-8-13-21)24(25,26)20-28-18-22-14-9-6-10-15-22/h5-10,12-15,23H,2-4,11,16-20H2,1H3/t23-/m0/s1. The Hall–Kier alpha value is -1.78. The first-order valence-corrected chi connectivity index (χ1v) is 10.2. The topological polar surface area (TPSA) is 18.5 Å².